The van der Waals surface area contributed by atoms with E-state index < -0.39 is 0 Å². The minimum atomic E-state index is 0.0205. The Labute approximate surface area is 143 Å². The van der Waals surface area contributed by atoms with Crippen molar-refractivity contribution in [1.29, 1.82) is 0 Å². The molecule has 2 aromatic rings. The number of nitrogens with zero attached hydrogens (tertiary/aromatic N) is 2. The molecule has 0 spiro atoms. The van der Waals surface area contributed by atoms with Gasteiger partial charge in [-0.2, -0.15) is 0 Å². The molecule has 0 fully saturated rings. The van der Waals surface area contributed by atoms with Gasteiger partial charge in [-0.25, -0.2) is 4.98 Å². The number of hydrogen-bond donors (Lipinski definition) is 0. The first-order valence-electron chi connectivity index (χ1n) is 7.42. The average Bonchev–Trinajstić information content (AvgIpc) is 2.50. The number of aromatic nitrogens is 2. The van der Waals surface area contributed by atoms with Crippen molar-refractivity contribution in [3.63, 3.8) is 0 Å². The van der Waals surface area contributed by atoms with E-state index in [2.05, 4.69) is 61.0 Å². The van der Waals surface area contributed by atoms with Crippen LogP contribution in [0.1, 0.15) is 32.8 Å². The summed E-state index contributed by atoms with van der Waals surface area (Å²) in [4.78, 5) is 17.2. The highest BCUT2D eigenvalue weighted by Crippen LogP contribution is 2.30. The minimum absolute atomic E-state index is 0.0205. The maximum absolute atomic E-state index is 12.5. The van der Waals surface area contributed by atoms with E-state index in [1.807, 2.05) is 0 Å². The summed E-state index contributed by atoms with van der Waals surface area (Å²) in [6, 6.07) is 8.34. The molecule has 0 saturated carbocycles. The first kappa shape index (κ1) is 15.8. The van der Waals surface area contributed by atoms with Gasteiger partial charge < -0.3 is 0 Å². The lowest BCUT2D eigenvalue weighted by atomic mass is 9.86. The van der Waals surface area contributed by atoms with E-state index in [0.29, 0.717) is 4.47 Å². The molecule has 116 valence electrons. The maximum atomic E-state index is 12.5. The predicted molar refractivity (Wildman–Crippen MR) is 95.7 cm³/mol. The molecule has 1 aromatic heterocycles. The zero-order valence-electron chi connectivity index (χ0n) is 13.0. The molecule has 3 nitrogen and oxygen atoms in total. The number of hydrogen-bond acceptors (Lipinski definition) is 3. The normalized spacial score (nSPS) is 14.7. The second kappa shape index (κ2) is 5.85. The highest BCUT2D eigenvalue weighted by Gasteiger charge is 2.19. The van der Waals surface area contributed by atoms with Gasteiger partial charge in [-0.15, -0.1) is 0 Å². The summed E-state index contributed by atoms with van der Waals surface area (Å²) < 4.78 is 2.33. The molecular formula is C17H19BrN2OS. The molecule has 1 aliphatic heterocycles. The highest BCUT2D eigenvalue weighted by atomic mass is 79.9. The van der Waals surface area contributed by atoms with Crippen LogP contribution in [0.25, 0.3) is 11.3 Å². The molecule has 22 heavy (non-hydrogen) atoms. The number of thioether (sulfide) groups is 1. The number of fused-ring (bicyclic) bond motifs is 1. The number of rotatable bonds is 1. The lowest BCUT2D eigenvalue weighted by Gasteiger charge is -2.20. The third-order valence-corrected chi connectivity index (χ3v) is 5.64. The fourth-order valence-electron chi connectivity index (χ4n) is 2.52. The molecular weight excluding hydrogens is 360 g/mol. The Morgan fingerprint density at radius 3 is 2.55 bits per heavy atom. The van der Waals surface area contributed by atoms with Crippen LogP contribution in [0.15, 0.2) is 38.7 Å². The van der Waals surface area contributed by atoms with Crippen LogP contribution in [-0.2, 0) is 12.0 Å². The molecule has 0 atom stereocenters. The van der Waals surface area contributed by atoms with E-state index in [0.717, 1.165) is 35.1 Å². The second-order valence-corrected chi connectivity index (χ2v) is 8.40. The summed E-state index contributed by atoms with van der Waals surface area (Å²) in [5, 5.41) is 0.828. The summed E-state index contributed by atoms with van der Waals surface area (Å²) in [5.41, 5.74) is 3.13. The monoisotopic (exact) mass is 378 g/mol. The third kappa shape index (κ3) is 2.88. The van der Waals surface area contributed by atoms with Gasteiger partial charge in [0, 0.05) is 17.9 Å². The van der Waals surface area contributed by atoms with E-state index in [1.54, 1.807) is 16.3 Å². The minimum Gasteiger partial charge on any atom is -0.287 e. The van der Waals surface area contributed by atoms with Crippen molar-refractivity contribution in [2.45, 2.75) is 44.3 Å². The molecule has 5 heteroatoms. The van der Waals surface area contributed by atoms with Crippen molar-refractivity contribution in [2.24, 2.45) is 0 Å². The Balaban J connectivity index is 2.09. The largest absolute Gasteiger partial charge is 0.287 e. The first-order valence-corrected chi connectivity index (χ1v) is 9.20. The van der Waals surface area contributed by atoms with E-state index in [9.17, 15) is 4.79 Å². The zero-order chi connectivity index (χ0) is 15.9. The second-order valence-electron chi connectivity index (χ2n) is 6.54. The van der Waals surface area contributed by atoms with Crippen molar-refractivity contribution < 1.29 is 0 Å². The van der Waals surface area contributed by atoms with Gasteiger partial charge in [0.15, 0.2) is 5.16 Å². The summed E-state index contributed by atoms with van der Waals surface area (Å²) in [5.74, 6) is 1.02. The molecule has 0 radical (unpaired) electrons. The van der Waals surface area contributed by atoms with E-state index in [4.69, 9.17) is 4.98 Å². The van der Waals surface area contributed by atoms with Gasteiger partial charge in [-0.05, 0) is 33.3 Å². The van der Waals surface area contributed by atoms with Gasteiger partial charge in [0.25, 0.3) is 5.56 Å². The molecule has 0 bridgehead atoms. The van der Waals surface area contributed by atoms with Crippen LogP contribution in [0.4, 0.5) is 0 Å². The van der Waals surface area contributed by atoms with E-state index in [1.165, 1.54) is 5.56 Å². The molecule has 0 aliphatic carbocycles. The standard InChI is InChI=1S/C17H19BrN2OS/c1-17(2,3)12-7-5-11(6-8-12)14-13(18)15(21)20-9-4-10-22-16(20)19-14/h5-8H,4,9-10H2,1-3H3. The average molecular weight is 379 g/mol. The maximum Gasteiger partial charge on any atom is 0.269 e. The van der Waals surface area contributed by atoms with E-state index in [-0.39, 0.29) is 11.0 Å². The summed E-state index contributed by atoms with van der Waals surface area (Å²) >= 11 is 5.11. The Kier molecular flexibility index (Phi) is 4.21. The molecule has 2 heterocycles. The Hall–Kier alpha value is -1.07. The van der Waals surface area contributed by atoms with Crippen LogP contribution in [0.3, 0.4) is 0 Å². The Morgan fingerprint density at radius 1 is 1.23 bits per heavy atom. The van der Waals surface area contributed by atoms with Crippen molar-refractivity contribution in [3.8, 4) is 11.3 Å². The molecule has 0 amide bonds. The Bertz CT molecular complexity index is 760. The fraction of sp³-hybridized carbons (Fsp3) is 0.412. The smallest absolute Gasteiger partial charge is 0.269 e. The van der Waals surface area contributed by atoms with Crippen LogP contribution >= 0.6 is 27.7 Å². The van der Waals surface area contributed by atoms with Gasteiger partial charge in [-0.1, -0.05) is 56.8 Å². The third-order valence-electron chi connectivity index (χ3n) is 3.86. The number of halogens is 1. The van der Waals surface area contributed by atoms with E-state index >= 15 is 0 Å². The van der Waals surface area contributed by atoms with Crippen molar-refractivity contribution in [2.75, 3.05) is 5.75 Å². The van der Waals surface area contributed by atoms with Gasteiger partial charge in [0.2, 0.25) is 0 Å². The number of benzene rings is 1. The molecule has 3 rings (SSSR count). The molecule has 1 aromatic carbocycles. The zero-order valence-corrected chi connectivity index (χ0v) is 15.4. The van der Waals surface area contributed by atoms with Crippen molar-refractivity contribution in [1.82, 2.24) is 9.55 Å². The van der Waals surface area contributed by atoms with Gasteiger partial charge in [0.05, 0.1) is 5.69 Å². The topological polar surface area (TPSA) is 34.9 Å². The summed E-state index contributed by atoms with van der Waals surface area (Å²) in [6.45, 7) is 7.34. The van der Waals surface area contributed by atoms with Crippen LogP contribution in [-0.4, -0.2) is 15.3 Å². The summed E-state index contributed by atoms with van der Waals surface area (Å²) in [7, 11) is 0. The van der Waals surface area contributed by atoms with Crippen LogP contribution < -0.4 is 5.56 Å². The summed E-state index contributed by atoms with van der Waals surface area (Å²) in [6.07, 6.45) is 1.02. The molecule has 0 unspecified atom stereocenters. The van der Waals surface area contributed by atoms with Crippen LogP contribution in [0, 0.1) is 0 Å². The van der Waals surface area contributed by atoms with Crippen molar-refractivity contribution >= 4 is 27.7 Å². The quantitative estimate of drug-likeness (QED) is 0.686. The highest BCUT2D eigenvalue weighted by molar-refractivity contribution is 9.10. The molecule has 0 saturated heterocycles. The van der Waals surface area contributed by atoms with Crippen molar-refractivity contribution in [3.05, 3.63) is 44.7 Å². The first-order chi connectivity index (χ1) is 10.4. The van der Waals surface area contributed by atoms with Crippen LogP contribution in [0.5, 0.6) is 0 Å². The SMILES string of the molecule is CC(C)(C)c1ccc(-c2nc3n(c(=O)c2Br)CCCS3)cc1. The lowest BCUT2D eigenvalue weighted by molar-refractivity contribution is 0.561. The predicted octanol–water partition coefficient (Wildman–Crippen LogP) is 4.47. The fourth-order valence-corrected chi connectivity index (χ4v) is 4.00. The van der Waals surface area contributed by atoms with Crippen LogP contribution in [0.2, 0.25) is 0 Å². The molecule has 0 N–H and O–H groups in total. The molecule has 1 aliphatic rings. The Morgan fingerprint density at radius 2 is 1.91 bits per heavy atom. The van der Waals surface area contributed by atoms with Gasteiger partial charge in [-0.3, -0.25) is 9.36 Å². The lowest BCUT2D eigenvalue weighted by Crippen LogP contribution is -2.27. The van der Waals surface area contributed by atoms with Gasteiger partial charge >= 0.3 is 0 Å². The van der Waals surface area contributed by atoms with Gasteiger partial charge in [0.1, 0.15) is 4.47 Å².